The Morgan fingerprint density at radius 3 is 1.33 bits per heavy atom. The average Bonchev–Trinajstić information content (AvgIpc) is 2.28. The van der Waals surface area contributed by atoms with Crippen molar-refractivity contribution in [1.82, 2.24) is 49.7 Å². The molecule has 484 valence electrons. The lowest BCUT2D eigenvalue weighted by Crippen LogP contribution is -2.43. The molecule has 0 radical (unpaired) electrons. The van der Waals surface area contributed by atoms with Gasteiger partial charge in [-0.2, -0.15) is 20.2 Å². The number of carbonyl (C=O) groups excluding carboxylic acids is 2. The lowest BCUT2D eigenvalue weighted by molar-refractivity contribution is -0.140. The fourth-order valence-corrected chi connectivity index (χ4v) is 12.4. The average molecular weight is 1320 g/mol. The maximum Gasteiger partial charge on any atom is 0.229 e. The number of halogens is 3. The third-order valence-corrected chi connectivity index (χ3v) is 20.7. The lowest BCUT2D eigenvalue weighted by atomic mass is 9.85. The molecule has 5 N–H and O–H groups in total. The Morgan fingerprint density at radius 2 is 0.978 bits per heavy atom. The summed E-state index contributed by atoms with van der Waals surface area (Å²) in [4.78, 5) is 42.9. The van der Waals surface area contributed by atoms with Crippen LogP contribution in [-0.4, -0.2) is 121 Å². The molecule has 2 aliphatic heterocycles. The summed E-state index contributed by atoms with van der Waals surface area (Å²) in [5, 5.41) is 23.3. The van der Waals surface area contributed by atoms with Gasteiger partial charge in [0, 0.05) is 50.4 Å². The number of nitrogens with zero attached hydrogens (tertiary/aromatic N) is 9. The third-order valence-electron chi connectivity index (χ3n) is 15.5. The van der Waals surface area contributed by atoms with Crippen LogP contribution >= 0.6 is 34.8 Å². The van der Waals surface area contributed by atoms with Gasteiger partial charge in [-0.3, -0.25) is 19.0 Å². The molecule has 2 saturated carbocycles. The zero-order valence-corrected chi connectivity index (χ0v) is 57.2. The number of likely N-dealkylation sites (tertiary alicyclic amines) is 1. The number of ether oxygens (including phenoxy) is 2. The number of piperidine rings is 2. The summed E-state index contributed by atoms with van der Waals surface area (Å²) in [6.07, 6.45) is 14.6. The Kier molecular flexibility index (Phi) is 21.6. The van der Waals surface area contributed by atoms with Crippen molar-refractivity contribution in [2.75, 3.05) is 47.4 Å². The van der Waals surface area contributed by atoms with Gasteiger partial charge < -0.3 is 41.0 Å². The highest BCUT2D eigenvalue weighted by molar-refractivity contribution is 7.92. The van der Waals surface area contributed by atoms with Crippen molar-refractivity contribution in [1.29, 1.82) is 0 Å². The van der Waals surface area contributed by atoms with Crippen molar-refractivity contribution in [3.8, 4) is 11.5 Å². The van der Waals surface area contributed by atoms with Crippen LogP contribution in [-0.2, 0) is 43.4 Å². The lowest BCUT2D eigenvalue weighted by Gasteiger charge is -2.36. The maximum absolute atomic E-state index is 12.9. The van der Waals surface area contributed by atoms with Gasteiger partial charge in [-0.25, -0.2) is 26.8 Å². The summed E-state index contributed by atoms with van der Waals surface area (Å²) in [7, 11) is -3.96. The maximum atomic E-state index is 12.9. The summed E-state index contributed by atoms with van der Waals surface area (Å²) < 4.78 is 67.0. The van der Waals surface area contributed by atoms with Gasteiger partial charge in [-0.15, -0.1) is 0 Å². The molecule has 89 heavy (non-hydrogen) atoms. The van der Waals surface area contributed by atoms with Gasteiger partial charge in [-0.1, -0.05) is 64.7 Å². The van der Waals surface area contributed by atoms with Gasteiger partial charge in [0.05, 0.1) is 57.9 Å². The van der Waals surface area contributed by atoms with Crippen LogP contribution < -0.4 is 36.1 Å². The predicted octanol–water partition coefficient (Wildman–Crippen LogP) is 12.8. The van der Waals surface area contributed by atoms with Gasteiger partial charge in [0.1, 0.15) is 21.5 Å². The molecular weight excluding hydrogens is 1240 g/mol. The zero-order valence-electron chi connectivity index (χ0n) is 53.3. The first-order chi connectivity index (χ1) is 41.7. The largest absolute Gasteiger partial charge is 0.488 e. The second-order valence-corrected chi connectivity index (χ2v) is 31.9. The minimum absolute atomic E-state index is 0.0524. The van der Waals surface area contributed by atoms with Crippen molar-refractivity contribution in [2.24, 2.45) is 24.9 Å². The second kappa shape index (κ2) is 28.1. The molecule has 27 heteroatoms. The smallest absolute Gasteiger partial charge is 0.229 e. The topological polar surface area (TPSA) is 271 Å². The summed E-state index contributed by atoms with van der Waals surface area (Å²) in [5.74, 6) is 3.64. The van der Waals surface area contributed by atoms with E-state index in [4.69, 9.17) is 44.3 Å². The van der Waals surface area contributed by atoms with E-state index in [1.165, 1.54) is 38.4 Å². The molecule has 4 fully saturated rings. The Labute approximate surface area is 538 Å². The Balaban J connectivity index is 0.000000209. The van der Waals surface area contributed by atoms with Crippen LogP contribution in [0.2, 0.25) is 10.0 Å². The molecule has 6 heterocycles. The molecule has 0 atom stereocenters. The Bertz CT molecular complexity index is 3770. The van der Waals surface area contributed by atoms with E-state index in [9.17, 15) is 26.4 Å². The number of aryl methyl sites for hydroxylation is 4. The summed E-state index contributed by atoms with van der Waals surface area (Å²) in [5.41, 5.74) is 6.19. The molecule has 2 aliphatic carbocycles. The van der Waals surface area contributed by atoms with E-state index in [1.807, 2.05) is 25.7 Å². The summed E-state index contributed by atoms with van der Waals surface area (Å²) >= 11 is 18.0. The Morgan fingerprint density at radius 1 is 0.596 bits per heavy atom. The van der Waals surface area contributed by atoms with E-state index in [0.717, 1.165) is 106 Å². The van der Waals surface area contributed by atoms with Gasteiger partial charge in [0.25, 0.3) is 0 Å². The number of anilines is 8. The molecule has 10 rings (SSSR count). The fourth-order valence-electron chi connectivity index (χ4n) is 9.91. The van der Waals surface area contributed by atoms with E-state index < -0.39 is 30.2 Å². The zero-order chi connectivity index (χ0) is 65.1. The van der Waals surface area contributed by atoms with Crippen LogP contribution in [0.4, 0.5) is 46.3 Å². The first-order valence-electron chi connectivity index (χ1n) is 30.2. The highest BCUT2D eigenvalue weighted by atomic mass is 35.5. The van der Waals surface area contributed by atoms with Crippen molar-refractivity contribution in [2.45, 2.75) is 179 Å². The number of benzene rings is 2. The van der Waals surface area contributed by atoms with E-state index in [-0.39, 0.29) is 77.6 Å². The molecule has 1 amide bonds. The van der Waals surface area contributed by atoms with Crippen molar-refractivity contribution in [3.05, 3.63) is 81.4 Å². The number of carbonyl (C=O) groups is 2. The first-order valence-corrected chi connectivity index (χ1v) is 34.4. The number of nitrogens with one attached hydrogen (secondary N) is 5. The van der Waals surface area contributed by atoms with Crippen LogP contribution in [0.15, 0.2) is 59.1 Å². The quantitative estimate of drug-likeness (QED) is 0.0500. The van der Waals surface area contributed by atoms with Gasteiger partial charge in [-0.05, 0) is 176 Å². The molecular formula is C62H85Cl3N14O8S2. The van der Waals surface area contributed by atoms with Crippen molar-refractivity contribution < 1.29 is 35.9 Å². The van der Waals surface area contributed by atoms with E-state index >= 15 is 0 Å². The highest BCUT2D eigenvalue weighted by Crippen LogP contribution is 2.43. The molecule has 2 saturated heterocycles. The third kappa shape index (κ3) is 17.6. The molecule has 4 aliphatic rings. The van der Waals surface area contributed by atoms with Crippen LogP contribution in [0.3, 0.4) is 0 Å². The molecule has 6 aromatic rings. The number of hydrogen-bond donors (Lipinski definition) is 5. The van der Waals surface area contributed by atoms with Crippen LogP contribution in [0.5, 0.6) is 11.5 Å². The molecule has 22 nitrogen and oxygen atoms in total. The molecule has 0 spiro atoms. The van der Waals surface area contributed by atoms with Crippen LogP contribution in [0.1, 0.15) is 155 Å². The number of aromatic nitrogens is 8. The summed E-state index contributed by atoms with van der Waals surface area (Å²) in [6, 6.07) is 8.43. The number of hydrogen-bond acceptors (Lipinski definition) is 19. The normalized spacial score (nSPS) is 16.1. The van der Waals surface area contributed by atoms with Gasteiger partial charge >= 0.3 is 0 Å². The second-order valence-electron chi connectivity index (χ2n) is 25.9. The monoisotopic (exact) mass is 1320 g/mol. The highest BCUT2D eigenvalue weighted by Gasteiger charge is 2.34. The number of rotatable bonds is 18. The van der Waals surface area contributed by atoms with Gasteiger partial charge in [0.2, 0.25) is 52.8 Å². The van der Waals surface area contributed by atoms with Crippen LogP contribution in [0.25, 0.3) is 0 Å². The molecule has 0 unspecified atom stereocenters. The molecule has 0 bridgehead atoms. The molecule has 4 aromatic heterocycles. The standard InChI is InChI=1S/C31H42ClN7O4S.C26H34ClN7O3S.C5H9ClO/c1-18(2)44(41,42)28-25(17-38(7)37-28)34-27-23(32)16-33-30(36-27)35-24-14-19(3)22(15-26(24)43-21-8-9-21)20-10-12-39(13-11-20)29(40)31(4,5)6;1-15(2)38(35,36)25-22(14-34(4)33-25)30-24-20(27)13-29-26(32-24)31-21-11-16(3)19(17-7-9-28-10-8-17)12-23(21)37-18-5-6-18;1-5(2,3)4(6)7/h14-18,20-21H,8-13H2,1-7H3,(H2,33,34,35,36);11-15,17-18,28H,5-10H2,1-4H3,(H2,29,30,31,32);1-3H3. The number of amides is 1. The fraction of sp³-hybridized carbons (Fsp3) is 0.548. The summed E-state index contributed by atoms with van der Waals surface area (Å²) in [6.45, 7) is 25.4. The SMILES string of the molecule is CC(C)(C)C(=O)Cl.Cc1cc(Nc2ncc(Cl)c(Nc3cn(C)nc3S(=O)(=O)C(C)C)n2)c(OC2CC2)cc1C1CCN(C(=O)C(C)(C)C)CC1.Cc1cc(Nc2ncc(Cl)c(Nc3cn(C)nc3S(=O)(=O)C(C)C)n2)c(OC2CC2)cc1C1CCNCC1. The first kappa shape index (κ1) is 68.6. The predicted molar refractivity (Wildman–Crippen MR) is 351 cm³/mol. The van der Waals surface area contributed by atoms with E-state index in [0.29, 0.717) is 23.5 Å². The van der Waals surface area contributed by atoms with Crippen LogP contribution in [0, 0.1) is 24.7 Å². The van der Waals surface area contributed by atoms with E-state index in [1.54, 1.807) is 75.0 Å². The van der Waals surface area contributed by atoms with Crippen molar-refractivity contribution >= 4 is 112 Å². The molecule has 2 aromatic carbocycles. The number of sulfone groups is 2. The minimum Gasteiger partial charge on any atom is -0.488 e. The van der Waals surface area contributed by atoms with E-state index in [2.05, 4.69) is 94.8 Å². The van der Waals surface area contributed by atoms with Gasteiger partial charge in [0.15, 0.2) is 11.6 Å². The van der Waals surface area contributed by atoms with Crippen molar-refractivity contribution in [3.63, 3.8) is 0 Å². The Hall–Kier alpha value is -6.31. The minimum atomic E-state index is -3.65.